The summed E-state index contributed by atoms with van der Waals surface area (Å²) in [5.74, 6) is 0. The van der Waals surface area contributed by atoms with Crippen LogP contribution in [0.15, 0.2) is 18.2 Å². The van der Waals surface area contributed by atoms with E-state index in [1.807, 2.05) is 0 Å². The van der Waals surface area contributed by atoms with Crippen LogP contribution in [-0.2, 0) is 12.6 Å². The van der Waals surface area contributed by atoms with Crippen LogP contribution in [0.1, 0.15) is 24.0 Å². The van der Waals surface area contributed by atoms with Crippen molar-refractivity contribution in [3.8, 4) is 0 Å². The monoisotopic (exact) mass is 250 g/mol. The van der Waals surface area contributed by atoms with Gasteiger partial charge in [0.1, 0.15) is 0 Å². The molecule has 1 saturated carbocycles. The topological polar surface area (TPSA) is 20.2 Å². The van der Waals surface area contributed by atoms with Crippen molar-refractivity contribution in [3.05, 3.63) is 34.3 Å². The van der Waals surface area contributed by atoms with E-state index in [0.29, 0.717) is 24.8 Å². The summed E-state index contributed by atoms with van der Waals surface area (Å²) in [6, 6.07) is 3.23. The SMILES string of the molecule is OC1(Cc2ccc(C(F)(F)F)cc2Cl)CC1. The molecule has 0 aliphatic heterocycles. The van der Waals surface area contributed by atoms with Gasteiger partial charge in [0.05, 0.1) is 11.2 Å². The molecule has 0 saturated heterocycles. The van der Waals surface area contributed by atoms with E-state index in [2.05, 4.69) is 0 Å². The number of benzene rings is 1. The van der Waals surface area contributed by atoms with E-state index in [1.54, 1.807) is 0 Å². The maximum atomic E-state index is 12.3. The van der Waals surface area contributed by atoms with Gasteiger partial charge in [0.25, 0.3) is 0 Å². The molecule has 0 aromatic heterocycles. The molecule has 1 aliphatic rings. The first-order valence-corrected chi connectivity index (χ1v) is 5.26. The molecule has 1 fully saturated rings. The first-order chi connectivity index (χ1) is 7.30. The van der Waals surface area contributed by atoms with E-state index in [4.69, 9.17) is 11.6 Å². The van der Waals surface area contributed by atoms with Gasteiger partial charge in [-0.15, -0.1) is 0 Å². The van der Waals surface area contributed by atoms with Crippen LogP contribution in [0.2, 0.25) is 5.02 Å². The van der Waals surface area contributed by atoms with Crippen LogP contribution in [0.25, 0.3) is 0 Å². The normalized spacial score (nSPS) is 18.6. The molecule has 0 unspecified atom stereocenters. The fraction of sp³-hybridized carbons (Fsp3) is 0.455. The van der Waals surface area contributed by atoms with Crippen LogP contribution in [0.4, 0.5) is 13.2 Å². The molecule has 0 atom stereocenters. The van der Waals surface area contributed by atoms with E-state index in [0.717, 1.165) is 12.1 Å². The van der Waals surface area contributed by atoms with Gasteiger partial charge >= 0.3 is 6.18 Å². The summed E-state index contributed by atoms with van der Waals surface area (Å²) < 4.78 is 37.0. The lowest BCUT2D eigenvalue weighted by molar-refractivity contribution is -0.137. The maximum Gasteiger partial charge on any atom is 0.416 e. The quantitative estimate of drug-likeness (QED) is 0.853. The lowest BCUT2D eigenvalue weighted by atomic mass is 10.0. The molecule has 16 heavy (non-hydrogen) atoms. The second-order valence-electron chi connectivity index (χ2n) is 4.21. The van der Waals surface area contributed by atoms with Crippen LogP contribution in [0.3, 0.4) is 0 Å². The van der Waals surface area contributed by atoms with E-state index in [1.165, 1.54) is 6.07 Å². The fourth-order valence-electron chi connectivity index (χ4n) is 1.54. The molecule has 5 heteroatoms. The second kappa shape index (κ2) is 3.64. The fourth-order valence-corrected chi connectivity index (χ4v) is 1.79. The Kier molecular flexibility index (Phi) is 2.67. The Morgan fingerprint density at radius 1 is 1.31 bits per heavy atom. The minimum Gasteiger partial charge on any atom is -0.390 e. The van der Waals surface area contributed by atoms with Crippen molar-refractivity contribution >= 4 is 11.6 Å². The third-order valence-electron chi connectivity index (χ3n) is 2.73. The third kappa shape index (κ3) is 2.50. The van der Waals surface area contributed by atoms with Crippen molar-refractivity contribution < 1.29 is 18.3 Å². The smallest absolute Gasteiger partial charge is 0.390 e. The molecule has 88 valence electrons. The first-order valence-electron chi connectivity index (χ1n) is 4.88. The molecular formula is C11H10ClF3O. The summed E-state index contributed by atoms with van der Waals surface area (Å²) in [6.07, 6.45) is -2.68. The molecule has 0 bridgehead atoms. The largest absolute Gasteiger partial charge is 0.416 e. The van der Waals surface area contributed by atoms with Crippen molar-refractivity contribution in [2.45, 2.75) is 31.0 Å². The van der Waals surface area contributed by atoms with Gasteiger partial charge in [0.2, 0.25) is 0 Å². The molecule has 1 aromatic carbocycles. The third-order valence-corrected chi connectivity index (χ3v) is 3.08. The van der Waals surface area contributed by atoms with Crippen LogP contribution in [0.5, 0.6) is 0 Å². The second-order valence-corrected chi connectivity index (χ2v) is 4.61. The summed E-state index contributed by atoms with van der Waals surface area (Å²) >= 11 is 5.76. The minimum absolute atomic E-state index is 0.0650. The molecule has 0 spiro atoms. The number of aliphatic hydroxyl groups is 1. The van der Waals surface area contributed by atoms with E-state index in [-0.39, 0.29) is 5.02 Å². The zero-order valence-corrected chi connectivity index (χ0v) is 9.07. The van der Waals surface area contributed by atoms with Crippen LogP contribution in [-0.4, -0.2) is 10.7 Å². The molecule has 1 nitrogen and oxygen atoms in total. The Hall–Kier alpha value is -0.740. The molecular weight excluding hydrogens is 241 g/mol. The van der Waals surface area contributed by atoms with Crippen molar-refractivity contribution in [3.63, 3.8) is 0 Å². The number of alkyl halides is 3. The standard InChI is InChI=1S/C11H10ClF3O/c12-9-5-8(11(13,14)15)2-1-7(9)6-10(16)3-4-10/h1-2,5,16H,3-4,6H2. The molecule has 0 radical (unpaired) electrons. The summed E-state index contributed by atoms with van der Waals surface area (Å²) in [4.78, 5) is 0. The number of rotatable bonds is 2. The molecule has 1 aromatic rings. The predicted molar refractivity (Wildman–Crippen MR) is 54.3 cm³/mol. The average Bonchev–Trinajstić information content (AvgIpc) is 2.86. The maximum absolute atomic E-state index is 12.3. The lowest BCUT2D eigenvalue weighted by Gasteiger charge is -2.12. The number of halogens is 4. The molecule has 0 heterocycles. The Labute approximate surface area is 95.8 Å². The Balaban J connectivity index is 2.23. The zero-order valence-electron chi connectivity index (χ0n) is 8.31. The molecule has 0 amide bonds. The van der Waals surface area contributed by atoms with E-state index >= 15 is 0 Å². The Morgan fingerprint density at radius 3 is 2.38 bits per heavy atom. The van der Waals surface area contributed by atoms with Crippen LogP contribution in [0, 0.1) is 0 Å². The number of hydrogen-bond donors (Lipinski definition) is 1. The molecule has 1 N–H and O–H groups in total. The van der Waals surface area contributed by atoms with Gasteiger partial charge in [-0.3, -0.25) is 0 Å². The highest BCUT2D eigenvalue weighted by atomic mass is 35.5. The van der Waals surface area contributed by atoms with Crippen molar-refractivity contribution in [2.75, 3.05) is 0 Å². The summed E-state index contributed by atoms with van der Waals surface area (Å²) in [5.41, 5.74) is -0.942. The molecule has 2 rings (SSSR count). The van der Waals surface area contributed by atoms with Crippen molar-refractivity contribution in [2.24, 2.45) is 0 Å². The summed E-state index contributed by atoms with van der Waals surface area (Å²) in [6.45, 7) is 0. The highest BCUT2D eigenvalue weighted by Crippen LogP contribution is 2.40. The van der Waals surface area contributed by atoms with Gasteiger partial charge in [-0.2, -0.15) is 13.2 Å². The zero-order chi connectivity index (χ0) is 12.0. The summed E-state index contributed by atoms with van der Waals surface area (Å²) in [5, 5.41) is 9.72. The van der Waals surface area contributed by atoms with Gasteiger partial charge in [0, 0.05) is 11.4 Å². The van der Waals surface area contributed by atoms with Gasteiger partial charge < -0.3 is 5.11 Å². The van der Waals surface area contributed by atoms with E-state index in [9.17, 15) is 18.3 Å². The highest BCUT2D eigenvalue weighted by molar-refractivity contribution is 6.31. The van der Waals surface area contributed by atoms with E-state index < -0.39 is 17.3 Å². The van der Waals surface area contributed by atoms with Crippen molar-refractivity contribution in [1.29, 1.82) is 0 Å². The van der Waals surface area contributed by atoms with Gasteiger partial charge in [-0.05, 0) is 30.5 Å². The number of hydrogen-bond acceptors (Lipinski definition) is 1. The van der Waals surface area contributed by atoms with Crippen LogP contribution < -0.4 is 0 Å². The average molecular weight is 251 g/mol. The Morgan fingerprint density at radius 2 is 1.94 bits per heavy atom. The van der Waals surface area contributed by atoms with Gasteiger partial charge in [0.15, 0.2) is 0 Å². The van der Waals surface area contributed by atoms with Crippen molar-refractivity contribution in [1.82, 2.24) is 0 Å². The predicted octanol–water partition coefficient (Wildman–Crippen LogP) is 3.43. The van der Waals surface area contributed by atoms with Crippen LogP contribution >= 0.6 is 11.6 Å². The van der Waals surface area contributed by atoms with Gasteiger partial charge in [-0.1, -0.05) is 17.7 Å². The lowest BCUT2D eigenvalue weighted by Crippen LogP contribution is -2.12. The molecule has 1 aliphatic carbocycles. The Bertz CT molecular complexity index is 410. The summed E-state index contributed by atoms with van der Waals surface area (Å²) in [7, 11) is 0. The highest BCUT2D eigenvalue weighted by Gasteiger charge is 2.41. The first kappa shape index (κ1) is 11.7. The van der Waals surface area contributed by atoms with Gasteiger partial charge in [-0.25, -0.2) is 0 Å². The minimum atomic E-state index is -4.38.